The van der Waals surface area contributed by atoms with Gasteiger partial charge >= 0.3 is 0 Å². The van der Waals surface area contributed by atoms with E-state index in [2.05, 4.69) is 0 Å². The molecule has 0 rings (SSSR count). The SMILES string of the molecule is [2H]C(C)(C)CC([2H])(C)C. The Kier molecular flexibility index (Phi) is 1.72. The Morgan fingerprint density at radius 3 is 1.43 bits per heavy atom. The Morgan fingerprint density at radius 2 is 1.43 bits per heavy atom. The molecule has 0 aliphatic heterocycles. The van der Waals surface area contributed by atoms with E-state index in [0.29, 0.717) is 6.42 Å². The van der Waals surface area contributed by atoms with Gasteiger partial charge in [0.15, 0.2) is 0 Å². The summed E-state index contributed by atoms with van der Waals surface area (Å²) in [6.07, 6.45) is 0.625. The molecule has 0 aromatic heterocycles. The molecule has 0 saturated carbocycles. The predicted molar refractivity (Wildman–Crippen MR) is 34.3 cm³/mol. The monoisotopic (exact) mass is 102 g/mol. The van der Waals surface area contributed by atoms with Gasteiger partial charge in [0.1, 0.15) is 0 Å². The summed E-state index contributed by atoms with van der Waals surface area (Å²) >= 11 is 0. The van der Waals surface area contributed by atoms with Crippen molar-refractivity contribution in [1.82, 2.24) is 0 Å². The second kappa shape index (κ2) is 3.06. The highest BCUT2D eigenvalue weighted by Gasteiger charge is 1.95. The van der Waals surface area contributed by atoms with Crippen LogP contribution in [0, 0.1) is 11.8 Å². The predicted octanol–water partition coefficient (Wildman–Crippen LogP) is 2.69. The summed E-state index contributed by atoms with van der Waals surface area (Å²) in [5.41, 5.74) is 0. The van der Waals surface area contributed by atoms with Gasteiger partial charge in [-0.25, -0.2) is 0 Å². The second-order valence-corrected chi connectivity index (χ2v) is 2.59. The van der Waals surface area contributed by atoms with Crippen LogP contribution in [0.3, 0.4) is 0 Å². The summed E-state index contributed by atoms with van der Waals surface area (Å²) in [6, 6.07) is 0. The number of hydrogen-bond acceptors (Lipinski definition) is 0. The molecule has 44 valence electrons. The van der Waals surface area contributed by atoms with Crippen LogP contribution >= 0.6 is 0 Å². The van der Waals surface area contributed by atoms with E-state index in [1.165, 1.54) is 0 Å². The van der Waals surface area contributed by atoms with Crippen LogP contribution in [0.1, 0.15) is 36.9 Å². The van der Waals surface area contributed by atoms with Crippen LogP contribution in [-0.2, 0) is 0 Å². The highest BCUT2D eigenvalue weighted by molar-refractivity contribution is 4.47. The zero-order valence-corrected chi connectivity index (χ0v) is 5.71. The van der Waals surface area contributed by atoms with Gasteiger partial charge in [-0.3, -0.25) is 0 Å². The first-order chi connectivity index (χ1) is 3.71. The third kappa shape index (κ3) is 6.00. The van der Waals surface area contributed by atoms with Crippen molar-refractivity contribution in [2.45, 2.75) is 34.1 Å². The standard InChI is InChI=1S/C7H16/c1-6(2)5-7(3)4/h6-7H,5H2,1-4H3/i6D,7D. The Morgan fingerprint density at radius 1 is 1.14 bits per heavy atom. The highest BCUT2D eigenvalue weighted by Crippen LogP contribution is 2.08. The van der Waals surface area contributed by atoms with E-state index in [4.69, 9.17) is 2.74 Å². The summed E-state index contributed by atoms with van der Waals surface area (Å²) in [5.74, 6) is -0.906. The summed E-state index contributed by atoms with van der Waals surface area (Å²) in [4.78, 5) is 0. The zero-order valence-electron chi connectivity index (χ0n) is 7.71. The van der Waals surface area contributed by atoms with Gasteiger partial charge in [0, 0.05) is 2.74 Å². The summed E-state index contributed by atoms with van der Waals surface area (Å²) in [6.45, 7) is 7.35. The van der Waals surface area contributed by atoms with E-state index in [1.54, 1.807) is 0 Å². The fourth-order valence-electron chi connectivity index (χ4n) is 0.707. The zero-order chi connectivity index (χ0) is 7.71. The van der Waals surface area contributed by atoms with Crippen molar-refractivity contribution in [2.75, 3.05) is 0 Å². The fourth-order valence-corrected chi connectivity index (χ4v) is 0.707. The van der Waals surface area contributed by atoms with Gasteiger partial charge in [-0.05, 0) is 18.2 Å². The molecule has 0 heterocycles. The molecule has 0 aromatic rings. The van der Waals surface area contributed by atoms with Gasteiger partial charge in [-0.2, -0.15) is 0 Å². The third-order valence-electron chi connectivity index (χ3n) is 0.707. The molecular weight excluding hydrogens is 84.1 g/mol. The van der Waals surface area contributed by atoms with Crippen LogP contribution < -0.4 is 0 Å². The van der Waals surface area contributed by atoms with E-state index in [9.17, 15) is 0 Å². The van der Waals surface area contributed by atoms with Crippen LogP contribution in [-0.4, -0.2) is 0 Å². The molecule has 0 aromatic carbocycles. The summed E-state index contributed by atoms with van der Waals surface area (Å²) < 4.78 is 14.9. The number of rotatable bonds is 2. The van der Waals surface area contributed by atoms with Crippen molar-refractivity contribution < 1.29 is 2.74 Å². The molecule has 0 spiro atoms. The molecule has 0 nitrogen and oxygen atoms in total. The van der Waals surface area contributed by atoms with E-state index < -0.39 is 11.8 Å². The topological polar surface area (TPSA) is 0 Å². The lowest BCUT2D eigenvalue weighted by Crippen LogP contribution is -1.93. The van der Waals surface area contributed by atoms with Crippen molar-refractivity contribution in [1.29, 1.82) is 0 Å². The Bertz CT molecular complexity index is 72.1. The van der Waals surface area contributed by atoms with E-state index in [1.807, 2.05) is 27.7 Å². The van der Waals surface area contributed by atoms with E-state index >= 15 is 0 Å². The lowest BCUT2D eigenvalue weighted by Gasteiger charge is -2.05. The van der Waals surface area contributed by atoms with Crippen LogP contribution in [0.5, 0.6) is 0 Å². The molecular formula is C7H16. The summed E-state index contributed by atoms with van der Waals surface area (Å²) in [7, 11) is 0. The molecule has 0 aliphatic carbocycles. The van der Waals surface area contributed by atoms with Gasteiger partial charge < -0.3 is 0 Å². The van der Waals surface area contributed by atoms with Crippen molar-refractivity contribution in [3.05, 3.63) is 0 Å². The van der Waals surface area contributed by atoms with Crippen molar-refractivity contribution in [3.8, 4) is 0 Å². The minimum atomic E-state index is -0.453. The highest BCUT2D eigenvalue weighted by atomic mass is 14.0. The number of hydrogen-bond donors (Lipinski definition) is 0. The first kappa shape index (κ1) is 3.94. The third-order valence-corrected chi connectivity index (χ3v) is 0.707. The van der Waals surface area contributed by atoms with Crippen molar-refractivity contribution in [3.63, 3.8) is 0 Å². The lowest BCUT2D eigenvalue weighted by molar-refractivity contribution is 0.469. The fraction of sp³-hybridized carbons (Fsp3) is 1.00. The molecule has 0 atom stereocenters. The van der Waals surface area contributed by atoms with Gasteiger partial charge in [0.05, 0.1) is 0 Å². The smallest absolute Gasteiger partial charge is 0.0297 e. The molecule has 0 bridgehead atoms. The normalized spacial score (nSPS) is 18.3. The van der Waals surface area contributed by atoms with Crippen molar-refractivity contribution in [2.24, 2.45) is 11.8 Å². The molecule has 0 saturated heterocycles. The van der Waals surface area contributed by atoms with Crippen molar-refractivity contribution >= 4 is 0 Å². The molecule has 0 aliphatic rings. The maximum absolute atomic E-state index is 7.47. The Hall–Kier alpha value is 0. The minimum Gasteiger partial charge on any atom is -0.0628 e. The lowest BCUT2D eigenvalue weighted by atomic mass is 10.0. The van der Waals surface area contributed by atoms with Crippen LogP contribution in [0.4, 0.5) is 0 Å². The molecule has 0 fully saturated rings. The molecule has 0 heteroatoms. The maximum atomic E-state index is 7.47. The average molecular weight is 102 g/mol. The molecule has 7 heavy (non-hydrogen) atoms. The Balaban J connectivity index is 3.75. The average Bonchev–Trinajstić information content (AvgIpc) is 1.14. The van der Waals surface area contributed by atoms with Gasteiger partial charge in [0.25, 0.3) is 0 Å². The second-order valence-electron chi connectivity index (χ2n) is 2.59. The molecule has 0 unspecified atom stereocenters. The minimum absolute atomic E-state index is 0.453. The van der Waals surface area contributed by atoms with Crippen LogP contribution in [0.15, 0.2) is 0 Å². The van der Waals surface area contributed by atoms with E-state index in [-0.39, 0.29) is 0 Å². The van der Waals surface area contributed by atoms with Crippen LogP contribution in [0.2, 0.25) is 0 Å². The summed E-state index contributed by atoms with van der Waals surface area (Å²) in [5, 5.41) is 0. The largest absolute Gasteiger partial charge is 0.0628 e. The quantitative estimate of drug-likeness (QED) is 0.503. The first-order valence-electron chi connectivity index (χ1n) is 3.71. The van der Waals surface area contributed by atoms with E-state index in [0.717, 1.165) is 0 Å². The van der Waals surface area contributed by atoms with Gasteiger partial charge in [0.2, 0.25) is 0 Å². The van der Waals surface area contributed by atoms with Gasteiger partial charge in [-0.1, -0.05) is 27.7 Å². The molecule has 0 amide bonds. The molecule has 0 radical (unpaired) electrons. The molecule has 0 N–H and O–H groups in total. The van der Waals surface area contributed by atoms with Crippen LogP contribution in [0.25, 0.3) is 0 Å². The maximum Gasteiger partial charge on any atom is 0.0297 e. The Labute approximate surface area is 49.7 Å². The first-order valence-corrected chi connectivity index (χ1v) is 2.71. The van der Waals surface area contributed by atoms with Gasteiger partial charge in [-0.15, -0.1) is 0 Å².